The van der Waals surface area contributed by atoms with Crippen molar-refractivity contribution >= 4 is 11.9 Å². The molecule has 0 radical (unpaired) electrons. The summed E-state index contributed by atoms with van der Waals surface area (Å²) >= 11 is 0. The van der Waals surface area contributed by atoms with Gasteiger partial charge in [0.05, 0.1) is 7.11 Å². The van der Waals surface area contributed by atoms with Gasteiger partial charge in [-0.25, -0.2) is 4.79 Å². The molecule has 0 fully saturated rings. The highest BCUT2D eigenvalue weighted by molar-refractivity contribution is 5.91. The van der Waals surface area contributed by atoms with Crippen LogP contribution in [0, 0.1) is 0 Å². The number of esters is 1. The van der Waals surface area contributed by atoms with Gasteiger partial charge in [-0.2, -0.15) is 5.10 Å². The maximum atomic E-state index is 11.2. The van der Waals surface area contributed by atoms with E-state index in [-0.39, 0.29) is 11.3 Å². The Morgan fingerprint density at radius 2 is 2.27 bits per heavy atom. The number of carbonyl (C=O) groups excluding carboxylic acids is 1. The molecular weight excluding hydrogens is 202 g/mol. The van der Waals surface area contributed by atoms with Crippen molar-refractivity contribution < 1.29 is 19.4 Å². The summed E-state index contributed by atoms with van der Waals surface area (Å²) in [7, 11) is 2.75. The molecule has 0 amide bonds. The molecule has 0 saturated heterocycles. The normalized spacial score (nSPS) is 12.2. The van der Waals surface area contributed by atoms with Crippen LogP contribution >= 0.6 is 0 Å². The van der Waals surface area contributed by atoms with Gasteiger partial charge in [-0.1, -0.05) is 0 Å². The van der Waals surface area contributed by atoms with Gasteiger partial charge >= 0.3 is 11.9 Å². The van der Waals surface area contributed by atoms with Crippen molar-refractivity contribution in [2.75, 3.05) is 7.11 Å². The van der Waals surface area contributed by atoms with Crippen LogP contribution in [0.25, 0.3) is 0 Å². The summed E-state index contributed by atoms with van der Waals surface area (Å²) in [6, 6.07) is -1.28. The standard InChI is InChI=1S/C8H11N3O4/c1-11-3-4(5(9)7(12)13)6(10-11)8(14)15-2/h3,5H,9H2,1-2H3,(H,12,13). The van der Waals surface area contributed by atoms with Gasteiger partial charge in [-0.3, -0.25) is 9.48 Å². The topological polar surface area (TPSA) is 107 Å². The van der Waals surface area contributed by atoms with E-state index in [1.54, 1.807) is 7.05 Å². The van der Waals surface area contributed by atoms with E-state index in [9.17, 15) is 9.59 Å². The number of nitrogens with two attached hydrogens (primary N) is 1. The van der Waals surface area contributed by atoms with E-state index in [0.717, 1.165) is 0 Å². The van der Waals surface area contributed by atoms with Crippen LogP contribution in [0.3, 0.4) is 0 Å². The Labute approximate surface area is 85.4 Å². The lowest BCUT2D eigenvalue weighted by molar-refractivity contribution is -0.138. The van der Waals surface area contributed by atoms with Gasteiger partial charge in [0.1, 0.15) is 6.04 Å². The van der Waals surface area contributed by atoms with E-state index in [0.29, 0.717) is 0 Å². The number of hydrogen-bond acceptors (Lipinski definition) is 5. The van der Waals surface area contributed by atoms with Gasteiger partial charge in [-0.05, 0) is 0 Å². The zero-order valence-electron chi connectivity index (χ0n) is 8.30. The Hall–Kier alpha value is -1.89. The van der Waals surface area contributed by atoms with Crippen LogP contribution in [0.15, 0.2) is 6.20 Å². The number of aliphatic carboxylic acids is 1. The molecule has 0 aliphatic carbocycles. The zero-order chi connectivity index (χ0) is 11.6. The van der Waals surface area contributed by atoms with Crippen LogP contribution in [0.4, 0.5) is 0 Å². The van der Waals surface area contributed by atoms with Crippen LogP contribution in [0.5, 0.6) is 0 Å². The average Bonchev–Trinajstić information content (AvgIpc) is 2.57. The summed E-state index contributed by atoms with van der Waals surface area (Å²) in [6.07, 6.45) is 1.38. The fraction of sp³-hybridized carbons (Fsp3) is 0.375. The first-order chi connectivity index (χ1) is 6.97. The number of carboxylic acids is 1. The highest BCUT2D eigenvalue weighted by atomic mass is 16.5. The highest BCUT2D eigenvalue weighted by Gasteiger charge is 2.25. The van der Waals surface area contributed by atoms with Crippen LogP contribution in [0.2, 0.25) is 0 Å². The molecule has 1 aromatic heterocycles. The molecule has 7 nitrogen and oxygen atoms in total. The predicted octanol–water partition coefficient (Wildman–Crippen LogP) is -0.709. The molecule has 15 heavy (non-hydrogen) atoms. The second kappa shape index (κ2) is 4.09. The number of hydrogen-bond donors (Lipinski definition) is 2. The van der Waals surface area contributed by atoms with E-state index in [1.165, 1.54) is 18.0 Å². The SMILES string of the molecule is COC(=O)c1nn(C)cc1C(N)C(=O)O. The zero-order valence-corrected chi connectivity index (χ0v) is 8.30. The van der Waals surface area contributed by atoms with Crippen molar-refractivity contribution in [3.05, 3.63) is 17.5 Å². The minimum Gasteiger partial charge on any atom is -0.480 e. The molecule has 1 heterocycles. The van der Waals surface area contributed by atoms with Crippen LogP contribution in [0.1, 0.15) is 22.1 Å². The summed E-state index contributed by atoms with van der Waals surface area (Å²) in [5, 5.41) is 12.5. The van der Waals surface area contributed by atoms with Gasteiger partial charge in [0.2, 0.25) is 0 Å². The highest BCUT2D eigenvalue weighted by Crippen LogP contribution is 2.15. The number of methoxy groups -OCH3 is 1. The molecule has 0 spiro atoms. The van der Waals surface area contributed by atoms with Crippen LogP contribution < -0.4 is 5.73 Å². The van der Waals surface area contributed by atoms with Crippen LogP contribution in [-0.2, 0) is 16.6 Å². The fourth-order valence-electron chi connectivity index (χ4n) is 1.12. The first-order valence-electron chi connectivity index (χ1n) is 4.07. The van der Waals surface area contributed by atoms with E-state index < -0.39 is 18.0 Å². The van der Waals surface area contributed by atoms with Gasteiger partial charge in [-0.15, -0.1) is 0 Å². The third kappa shape index (κ3) is 2.13. The molecule has 3 N–H and O–H groups in total. The van der Waals surface area contributed by atoms with Crippen molar-refractivity contribution in [3.8, 4) is 0 Å². The number of rotatable bonds is 3. The lowest BCUT2D eigenvalue weighted by atomic mass is 10.1. The molecule has 1 aromatic rings. The molecule has 0 aliphatic heterocycles. The van der Waals surface area contributed by atoms with Crippen molar-refractivity contribution in [3.63, 3.8) is 0 Å². The van der Waals surface area contributed by atoms with Gasteiger partial charge in [0, 0.05) is 18.8 Å². The van der Waals surface area contributed by atoms with E-state index in [1.807, 2.05) is 0 Å². The van der Waals surface area contributed by atoms with Crippen molar-refractivity contribution in [2.24, 2.45) is 12.8 Å². The number of aryl methyl sites for hydroxylation is 1. The fourth-order valence-corrected chi connectivity index (χ4v) is 1.12. The lowest BCUT2D eigenvalue weighted by Gasteiger charge is -2.04. The predicted molar refractivity (Wildman–Crippen MR) is 49.1 cm³/mol. The summed E-state index contributed by atoms with van der Waals surface area (Å²) in [6.45, 7) is 0. The Morgan fingerprint density at radius 1 is 1.67 bits per heavy atom. The second-order valence-corrected chi connectivity index (χ2v) is 2.91. The van der Waals surface area contributed by atoms with Crippen molar-refractivity contribution in [2.45, 2.75) is 6.04 Å². The van der Waals surface area contributed by atoms with Gasteiger partial charge in [0.15, 0.2) is 5.69 Å². The smallest absolute Gasteiger partial charge is 0.358 e. The second-order valence-electron chi connectivity index (χ2n) is 2.91. The molecule has 1 atom stereocenters. The molecule has 1 rings (SSSR count). The molecule has 1 unspecified atom stereocenters. The Bertz CT molecular complexity index is 399. The maximum Gasteiger partial charge on any atom is 0.358 e. The first-order valence-corrected chi connectivity index (χ1v) is 4.07. The molecule has 0 saturated carbocycles. The summed E-state index contributed by atoms with van der Waals surface area (Å²) < 4.78 is 5.77. The molecule has 0 aliphatic rings. The molecule has 0 aromatic carbocycles. The summed E-state index contributed by atoms with van der Waals surface area (Å²) in [5.41, 5.74) is 5.45. The van der Waals surface area contributed by atoms with E-state index >= 15 is 0 Å². The molecule has 7 heteroatoms. The summed E-state index contributed by atoms with van der Waals surface area (Å²) in [5.74, 6) is -1.93. The number of aromatic nitrogens is 2. The number of carboxylic acid groups (broad SMARTS) is 1. The molecule has 82 valence electrons. The Morgan fingerprint density at radius 3 is 2.73 bits per heavy atom. The Balaban J connectivity index is 3.17. The minimum absolute atomic E-state index is 0.0742. The summed E-state index contributed by atoms with van der Waals surface area (Å²) in [4.78, 5) is 21.9. The third-order valence-corrected chi connectivity index (χ3v) is 1.84. The van der Waals surface area contributed by atoms with Gasteiger partial charge in [0.25, 0.3) is 0 Å². The molecular formula is C8H11N3O4. The van der Waals surface area contributed by atoms with E-state index in [2.05, 4.69) is 9.84 Å². The van der Waals surface area contributed by atoms with Gasteiger partial charge < -0.3 is 15.6 Å². The number of ether oxygens (including phenoxy) is 1. The lowest BCUT2D eigenvalue weighted by Crippen LogP contribution is -2.22. The average molecular weight is 213 g/mol. The van der Waals surface area contributed by atoms with Crippen molar-refractivity contribution in [1.29, 1.82) is 0 Å². The quantitative estimate of drug-likeness (QED) is 0.642. The maximum absolute atomic E-state index is 11.2. The minimum atomic E-state index is -1.28. The Kier molecular flexibility index (Phi) is 3.05. The number of carbonyl (C=O) groups is 2. The molecule has 0 bridgehead atoms. The van der Waals surface area contributed by atoms with Crippen molar-refractivity contribution in [1.82, 2.24) is 9.78 Å². The monoisotopic (exact) mass is 213 g/mol. The number of nitrogens with zero attached hydrogens (tertiary/aromatic N) is 2. The third-order valence-electron chi connectivity index (χ3n) is 1.84. The van der Waals surface area contributed by atoms with E-state index in [4.69, 9.17) is 10.8 Å². The largest absolute Gasteiger partial charge is 0.480 e. The first kappa shape index (κ1) is 11.2. The van der Waals surface area contributed by atoms with Crippen LogP contribution in [-0.4, -0.2) is 33.9 Å².